The van der Waals surface area contributed by atoms with Crippen molar-refractivity contribution < 1.29 is 14.3 Å². The SMILES string of the molecule is COc1cc2ncnc(C(=N)CC(C)NC(=O)Cc3ccc(C(C)C)cc3)c2cc1OC. The molecular weight excluding hydrogens is 404 g/mol. The second-order valence-electron chi connectivity index (χ2n) is 8.17. The lowest BCUT2D eigenvalue weighted by atomic mass is 10.0. The molecule has 3 rings (SSSR count). The van der Waals surface area contributed by atoms with Gasteiger partial charge in [-0.05, 0) is 30.0 Å². The Morgan fingerprint density at radius 2 is 1.69 bits per heavy atom. The van der Waals surface area contributed by atoms with Crippen LogP contribution in [0.2, 0.25) is 0 Å². The molecule has 1 aromatic heterocycles. The molecule has 0 fully saturated rings. The van der Waals surface area contributed by atoms with Crippen LogP contribution in [0.4, 0.5) is 0 Å². The van der Waals surface area contributed by atoms with Gasteiger partial charge in [0.15, 0.2) is 11.5 Å². The number of carbonyl (C=O) groups is 1. The lowest BCUT2D eigenvalue weighted by Crippen LogP contribution is -2.35. The third-order valence-electron chi connectivity index (χ3n) is 5.36. The van der Waals surface area contributed by atoms with Crippen molar-refractivity contribution >= 4 is 22.5 Å². The van der Waals surface area contributed by atoms with Crippen LogP contribution >= 0.6 is 0 Å². The molecule has 1 unspecified atom stereocenters. The minimum absolute atomic E-state index is 0.0680. The zero-order valence-corrected chi connectivity index (χ0v) is 19.2. The number of aromatic nitrogens is 2. The smallest absolute Gasteiger partial charge is 0.224 e. The number of hydrogen-bond acceptors (Lipinski definition) is 6. The molecule has 0 aliphatic carbocycles. The van der Waals surface area contributed by atoms with Crippen LogP contribution in [0.1, 0.15) is 49.9 Å². The number of benzene rings is 2. The zero-order valence-electron chi connectivity index (χ0n) is 19.2. The van der Waals surface area contributed by atoms with Crippen LogP contribution in [0.5, 0.6) is 11.5 Å². The Morgan fingerprint density at radius 1 is 1.03 bits per heavy atom. The Morgan fingerprint density at radius 3 is 2.31 bits per heavy atom. The van der Waals surface area contributed by atoms with Gasteiger partial charge in [-0.15, -0.1) is 0 Å². The number of nitrogens with zero attached hydrogens (tertiary/aromatic N) is 2. The van der Waals surface area contributed by atoms with Crippen LogP contribution < -0.4 is 14.8 Å². The Bertz CT molecular complexity index is 1110. The van der Waals surface area contributed by atoms with E-state index >= 15 is 0 Å². The Kier molecular flexibility index (Phi) is 7.41. The first-order valence-electron chi connectivity index (χ1n) is 10.6. The van der Waals surface area contributed by atoms with E-state index in [0.717, 1.165) is 5.56 Å². The van der Waals surface area contributed by atoms with Crippen molar-refractivity contribution in [2.75, 3.05) is 14.2 Å². The van der Waals surface area contributed by atoms with Crippen LogP contribution in [0.3, 0.4) is 0 Å². The van der Waals surface area contributed by atoms with Crippen LogP contribution in [0.15, 0.2) is 42.7 Å². The third kappa shape index (κ3) is 5.41. The number of methoxy groups -OCH3 is 2. The first-order chi connectivity index (χ1) is 15.3. The summed E-state index contributed by atoms with van der Waals surface area (Å²) in [6, 6.07) is 11.5. The molecule has 2 N–H and O–H groups in total. The van der Waals surface area contributed by atoms with Crippen LogP contribution in [-0.4, -0.2) is 41.8 Å². The lowest BCUT2D eigenvalue weighted by Gasteiger charge is -2.16. The predicted octanol–water partition coefficient (Wildman–Crippen LogP) is 4.28. The summed E-state index contributed by atoms with van der Waals surface area (Å²) < 4.78 is 10.7. The summed E-state index contributed by atoms with van der Waals surface area (Å²) in [4.78, 5) is 21.1. The monoisotopic (exact) mass is 434 g/mol. The minimum atomic E-state index is -0.213. The van der Waals surface area contributed by atoms with Crippen molar-refractivity contribution in [1.29, 1.82) is 5.41 Å². The van der Waals surface area contributed by atoms with E-state index < -0.39 is 0 Å². The number of rotatable bonds is 9. The van der Waals surface area contributed by atoms with Crippen LogP contribution in [0.25, 0.3) is 10.9 Å². The van der Waals surface area contributed by atoms with Gasteiger partial charge in [0.05, 0.1) is 37.6 Å². The minimum Gasteiger partial charge on any atom is -0.493 e. The van der Waals surface area contributed by atoms with Gasteiger partial charge in [-0.25, -0.2) is 9.97 Å². The van der Waals surface area contributed by atoms with Gasteiger partial charge in [-0.3, -0.25) is 4.79 Å². The molecule has 3 aromatic rings. The molecular formula is C25H30N4O3. The van der Waals surface area contributed by atoms with Gasteiger partial charge in [0.1, 0.15) is 6.33 Å². The van der Waals surface area contributed by atoms with Crippen LogP contribution in [0, 0.1) is 5.41 Å². The highest BCUT2D eigenvalue weighted by molar-refractivity contribution is 6.07. The maximum absolute atomic E-state index is 12.5. The summed E-state index contributed by atoms with van der Waals surface area (Å²) in [6.07, 6.45) is 2.09. The number of carbonyl (C=O) groups excluding carboxylic acids is 1. The largest absolute Gasteiger partial charge is 0.493 e. The summed E-state index contributed by atoms with van der Waals surface area (Å²) in [7, 11) is 3.13. The van der Waals surface area contributed by atoms with Crippen molar-refractivity contribution in [3.05, 3.63) is 59.5 Å². The highest BCUT2D eigenvalue weighted by Crippen LogP contribution is 2.32. The van der Waals surface area contributed by atoms with Crippen LogP contribution in [-0.2, 0) is 11.2 Å². The number of hydrogen-bond donors (Lipinski definition) is 2. The average molecular weight is 435 g/mol. The quantitative estimate of drug-likeness (QED) is 0.490. The molecule has 0 aliphatic heterocycles. The molecule has 168 valence electrons. The standard InChI is InChI=1S/C25H30N4O3/c1-15(2)18-8-6-17(7-9-18)11-24(30)29-16(3)10-20(26)25-19-12-22(31-4)23(32-5)13-21(19)27-14-28-25/h6-9,12-16,26H,10-11H2,1-5H3,(H,29,30). The van der Waals surface area contributed by atoms with E-state index in [1.165, 1.54) is 11.9 Å². The van der Waals surface area contributed by atoms with E-state index in [9.17, 15) is 4.79 Å². The molecule has 0 bridgehead atoms. The molecule has 32 heavy (non-hydrogen) atoms. The number of ether oxygens (including phenoxy) is 2. The molecule has 0 radical (unpaired) electrons. The Balaban J connectivity index is 1.67. The molecule has 0 saturated carbocycles. The fourth-order valence-electron chi connectivity index (χ4n) is 3.61. The molecule has 7 heteroatoms. The highest BCUT2D eigenvalue weighted by atomic mass is 16.5. The summed E-state index contributed by atoms with van der Waals surface area (Å²) in [5.74, 6) is 1.51. The first-order valence-corrected chi connectivity index (χ1v) is 10.6. The van der Waals surface area contributed by atoms with E-state index in [-0.39, 0.29) is 11.9 Å². The highest BCUT2D eigenvalue weighted by Gasteiger charge is 2.17. The van der Waals surface area contributed by atoms with E-state index in [4.69, 9.17) is 14.9 Å². The molecule has 1 heterocycles. The van der Waals surface area contributed by atoms with Crippen molar-refractivity contribution in [1.82, 2.24) is 15.3 Å². The molecule has 1 atom stereocenters. The lowest BCUT2D eigenvalue weighted by molar-refractivity contribution is -0.120. The van der Waals surface area contributed by atoms with Gasteiger partial charge in [-0.2, -0.15) is 0 Å². The topological polar surface area (TPSA) is 97.2 Å². The van der Waals surface area contributed by atoms with Gasteiger partial charge in [-0.1, -0.05) is 38.1 Å². The molecule has 7 nitrogen and oxygen atoms in total. The first kappa shape index (κ1) is 23.2. The van der Waals surface area contributed by atoms with E-state index in [2.05, 4.69) is 41.3 Å². The fraction of sp³-hybridized carbons (Fsp3) is 0.360. The molecule has 1 amide bonds. The summed E-state index contributed by atoms with van der Waals surface area (Å²) in [5, 5.41) is 12.3. The second kappa shape index (κ2) is 10.2. The van der Waals surface area contributed by atoms with E-state index in [1.807, 2.05) is 19.1 Å². The van der Waals surface area contributed by atoms with Gasteiger partial charge in [0, 0.05) is 23.9 Å². The van der Waals surface area contributed by atoms with Gasteiger partial charge in [0.25, 0.3) is 0 Å². The van der Waals surface area contributed by atoms with Crippen molar-refractivity contribution in [3.63, 3.8) is 0 Å². The molecule has 0 aliphatic rings. The number of nitrogens with one attached hydrogen (secondary N) is 2. The summed E-state index contributed by atoms with van der Waals surface area (Å²) in [5.41, 5.74) is 3.72. The zero-order chi connectivity index (χ0) is 23.3. The molecule has 2 aromatic carbocycles. The van der Waals surface area contributed by atoms with Gasteiger partial charge in [0.2, 0.25) is 5.91 Å². The number of fused-ring (bicyclic) bond motifs is 1. The Hall–Kier alpha value is -3.48. The molecule has 0 spiro atoms. The van der Waals surface area contributed by atoms with Crippen molar-refractivity contribution in [3.8, 4) is 11.5 Å². The fourth-order valence-corrected chi connectivity index (χ4v) is 3.61. The summed E-state index contributed by atoms with van der Waals surface area (Å²) in [6.45, 7) is 6.18. The normalized spacial score (nSPS) is 11.9. The second-order valence-corrected chi connectivity index (χ2v) is 8.17. The third-order valence-corrected chi connectivity index (χ3v) is 5.36. The van der Waals surface area contributed by atoms with Gasteiger partial charge < -0.3 is 20.2 Å². The van der Waals surface area contributed by atoms with Crippen molar-refractivity contribution in [2.24, 2.45) is 0 Å². The Labute approximate surface area is 188 Å². The maximum Gasteiger partial charge on any atom is 0.224 e. The predicted molar refractivity (Wildman–Crippen MR) is 126 cm³/mol. The number of amides is 1. The van der Waals surface area contributed by atoms with E-state index in [1.54, 1.807) is 26.4 Å². The van der Waals surface area contributed by atoms with Gasteiger partial charge >= 0.3 is 0 Å². The van der Waals surface area contributed by atoms with E-state index in [0.29, 0.717) is 52.6 Å². The maximum atomic E-state index is 12.5. The molecule has 0 saturated heterocycles. The summed E-state index contributed by atoms with van der Waals surface area (Å²) >= 11 is 0. The van der Waals surface area contributed by atoms with Crippen molar-refractivity contribution in [2.45, 2.75) is 45.6 Å². The average Bonchev–Trinajstić information content (AvgIpc) is 2.77.